The summed E-state index contributed by atoms with van der Waals surface area (Å²) in [4.78, 5) is 0.236. The first-order valence-electron chi connectivity index (χ1n) is 6.90. The summed E-state index contributed by atoms with van der Waals surface area (Å²) in [6, 6.07) is 6.87. The molecule has 1 aliphatic carbocycles. The van der Waals surface area contributed by atoms with Crippen molar-refractivity contribution < 1.29 is 13.5 Å². The summed E-state index contributed by atoms with van der Waals surface area (Å²) in [5.74, 6) is 0. The Balaban J connectivity index is 2.30. The van der Waals surface area contributed by atoms with Crippen LogP contribution < -0.4 is 10.0 Å². The molecule has 0 heterocycles. The number of para-hydroxylation sites is 1. The average Bonchev–Trinajstić information content (AvgIpc) is 3.22. The highest BCUT2D eigenvalue weighted by Crippen LogP contribution is 2.28. The van der Waals surface area contributed by atoms with Crippen LogP contribution in [0.4, 0.5) is 5.69 Å². The van der Waals surface area contributed by atoms with Crippen molar-refractivity contribution in [3.05, 3.63) is 24.3 Å². The first-order valence-corrected chi connectivity index (χ1v) is 8.39. The zero-order chi connectivity index (χ0) is 14.8. The minimum atomic E-state index is -3.51. The van der Waals surface area contributed by atoms with Gasteiger partial charge in [0.2, 0.25) is 10.0 Å². The molecule has 0 aromatic heterocycles. The highest BCUT2D eigenvalue weighted by molar-refractivity contribution is 7.89. The molecular weight excluding hydrogens is 276 g/mol. The van der Waals surface area contributed by atoms with Gasteiger partial charge in [-0.25, -0.2) is 13.1 Å². The van der Waals surface area contributed by atoms with Crippen LogP contribution in [0.5, 0.6) is 0 Å². The third kappa shape index (κ3) is 3.50. The molecule has 0 aliphatic heterocycles. The summed E-state index contributed by atoms with van der Waals surface area (Å²) < 4.78 is 27.4. The Morgan fingerprint density at radius 3 is 2.55 bits per heavy atom. The molecule has 0 bridgehead atoms. The molecule has 1 aliphatic rings. The first-order chi connectivity index (χ1) is 9.40. The number of hydrogen-bond donors (Lipinski definition) is 3. The van der Waals surface area contributed by atoms with E-state index in [0.717, 1.165) is 12.8 Å². The smallest absolute Gasteiger partial charge is 0.242 e. The van der Waals surface area contributed by atoms with E-state index in [-0.39, 0.29) is 17.5 Å². The standard InChI is InChI=1S/C14H22N2O3S/c1-3-14(2,10-17)15-12-6-4-5-7-13(12)20(18,19)16-11-8-9-11/h4-7,11,15-17H,3,8-10H2,1-2H3. The van der Waals surface area contributed by atoms with Crippen LogP contribution >= 0.6 is 0 Å². The van der Waals surface area contributed by atoms with E-state index < -0.39 is 15.6 Å². The van der Waals surface area contributed by atoms with Gasteiger partial charge in [-0.1, -0.05) is 19.1 Å². The van der Waals surface area contributed by atoms with Crippen molar-refractivity contribution in [3.63, 3.8) is 0 Å². The van der Waals surface area contributed by atoms with Crippen LogP contribution in [-0.2, 0) is 10.0 Å². The normalized spacial score (nSPS) is 18.6. The average molecular weight is 298 g/mol. The Bertz CT molecular complexity index is 564. The van der Waals surface area contributed by atoms with Gasteiger partial charge in [0, 0.05) is 6.04 Å². The molecule has 6 heteroatoms. The van der Waals surface area contributed by atoms with Crippen LogP contribution in [0.15, 0.2) is 29.2 Å². The third-order valence-corrected chi connectivity index (χ3v) is 5.22. The highest BCUT2D eigenvalue weighted by Gasteiger charge is 2.30. The van der Waals surface area contributed by atoms with Crippen molar-refractivity contribution in [1.29, 1.82) is 0 Å². The van der Waals surface area contributed by atoms with Crippen LogP contribution in [0.3, 0.4) is 0 Å². The highest BCUT2D eigenvalue weighted by atomic mass is 32.2. The minimum Gasteiger partial charge on any atom is -0.394 e. The predicted octanol–water partition coefficient (Wildman–Crippen LogP) is 1.70. The number of sulfonamides is 1. The molecule has 1 atom stereocenters. The third-order valence-electron chi connectivity index (χ3n) is 3.64. The van der Waals surface area contributed by atoms with E-state index in [0.29, 0.717) is 12.1 Å². The molecule has 1 unspecified atom stereocenters. The summed E-state index contributed by atoms with van der Waals surface area (Å²) in [7, 11) is -3.51. The molecule has 20 heavy (non-hydrogen) atoms. The summed E-state index contributed by atoms with van der Waals surface area (Å²) in [5, 5.41) is 12.6. The van der Waals surface area contributed by atoms with Crippen molar-refractivity contribution >= 4 is 15.7 Å². The zero-order valence-corrected chi connectivity index (χ0v) is 12.7. The Morgan fingerprint density at radius 2 is 2.00 bits per heavy atom. The van der Waals surface area contributed by atoms with Crippen LogP contribution in [0, 0.1) is 0 Å². The molecule has 3 N–H and O–H groups in total. The molecule has 0 saturated heterocycles. The zero-order valence-electron chi connectivity index (χ0n) is 11.9. The van der Waals surface area contributed by atoms with Crippen LogP contribution in [-0.4, -0.2) is 31.7 Å². The molecule has 0 spiro atoms. The second-order valence-corrected chi connectivity index (χ2v) is 7.27. The number of benzene rings is 1. The Morgan fingerprint density at radius 1 is 1.35 bits per heavy atom. The van der Waals surface area contributed by atoms with Crippen molar-refractivity contribution in [2.24, 2.45) is 0 Å². The maximum atomic E-state index is 12.4. The Hall–Kier alpha value is -1.11. The molecule has 0 radical (unpaired) electrons. The number of anilines is 1. The molecule has 1 aromatic carbocycles. The Kier molecular flexibility index (Phi) is 4.36. The second kappa shape index (κ2) is 5.71. The van der Waals surface area contributed by atoms with Crippen molar-refractivity contribution in [2.45, 2.75) is 49.6 Å². The van der Waals surface area contributed by atoms with E-state index in [1.54, 1.807) is 24.3 Å². The molecule has 2 rings (SSSR count). The van der Waals surface area contributed by atoms with E-state index in [2.05, 4.69) is 10.0 Å². The predicted molar refractivity (Wildman–Crippen MR) is 79.2 cm³/mol. The first kappa shape index (κ1) is 15.3. The van der Waals surface area contributed by atoms with Crippen LogP contribution in [0.25, 0.3) is 0 Å². The minimum absolute atomic E-state index is 0.0616. The molecule has 1 fully saturated rings. The van der Waals surface area contributed by atoms with Gasteiger partial charge in [-0.3, -0.25) is 0 Å². The van der Waals surface area contributed by atoms with Crippen molar-refractivity contribution in [2.75, 3.05) is 11.9 Å². The number of aliphatic hydroxyl groups is 1. The van der Waals surface area contributed by atoms with Gasteiger partial charge in [0.1, 0.15) is 4.90 Å². The van der Waals surface area contributed by atoms with Crippen LogP contribution in [0.2, 0.25) is 0 Å². The van der Waals surface area contributed by atoms with E-state index in [1.165, 1.54) is 0 Å². The van der Waals surface area contributed by atoms with E-state index in [1.807, 2.05) is 13.8 Å². The molecule has 1 saturated carbocycles. The largest absolute Gasteiger partial charge is 0.394 e. The lowest BCUT2D eigenvalue weighted by atomic mass is 10.00. The van der Waals surface area contributed by atoms with Crippen molar-refractivity contribution in [3.8, 4) is 0 Å². The number of rotatable bonds is 7. The fourth-order valence-corrected chi connectivity index (χ4v) is 3.32. The van der Waals surface area contributed by atoms with Gasteiger partial charge >= 0.3 is 0 Å². The molecule has 5 nitrogen and oxygen atoms in total. The number of nitrogens with one attached hydrogen (secondary N) is 2. The van der Waals surface area contributed by atoms with Crippen molar-refractivity contribution in [1.82, 2.24) is 4.72 Å². The Labute approximate surface area is 120 Å². The fraction of sp³-hybridized carbons (Fsp3) is 0.571. The van der Waals surface area contributed by atoms with Gasteiger partial charge in [0.05, 0.1) is 17.8 Å². The van der Waals surface area contributed by atoms with E-state index in [4.69, 9.17) is 0 Å². The summed E-state index contributed by atoms with van der Waals surface area (Å²) in [5.41, 5.74) is -0.00961. The number of hydrogen-bond acceptors (Lipinski definition) is 4. The fourth-order valence-electron chi connectivity index (χ4n) is 1.85. The number of aliphatic hydroxyl groups excluding tert-OH is 1. The lowest BCUT2D eigenvalue weighted by molar-refractivity contribution is 0.218. The quantitative estimate of drug-likeness (QED) is 0.716. The van der Waals surface area contributed by atoms with Gasteiger partial charge in [-0.05, 0) is 38.3 Å². The summed E-state index contributed by atoms with van der Waals surface area (Å²) in [6.45, 7) is 3.75. The van der Waals surface area contributed by atoms with Gasteiger partial charge in [0.15, 0.2) is 0 Å². The maximum Gasteiger partial charge on any atom is 0.242 e. The van der Waals surface area contributed by atoms with Gasteiger partial charge in [-0.2, -0.15) is 0 Å². The molecule has 112 valence electrons. The summed E-state index contributed by atoms with van der Waals surface area (Å²) in [6.07, 6.45) is 2.49. The van der Waals surface area contributed by atoms with E-state index >= 15 is 0 Å². The van der Waals surface area contributed by atoms with Crippen LogP contribution in [0.1, 0.15) is 33.1 Å². The van der Waals surface area contributed by atoms with E-state index in [9.17, 15) is 13.5 Å². The molecular formula is C14H22N2O3S. The lowest BCUT2D eigenvalue weighted by Gasteiger charge is -2.29. The lowest BCUT2D eigenvalue weighted by Crippen LogP contribution is -2.39. The van der Waals surface area contributed by atoms with Gasteiger partial charge < -0.3 is 10.4 Å². The van der Waals surface area contributed by atoms with Gasteiger partial charge in [-0.15, -0.1) is 0 Å². The maximum absolute atomic E-state index is 12.4. The topological polar surface area (TPSA) is 78.4 Å². The molecule has 0 amide bonds. The van der Waals surface area contributed by atoms with Gasteiger partial charge in [0.25, 0.3) is 0 Å². The molecule has 1 aromatic rings. The second-order valence-electron chi connectivity index (χ2n) is 5.59. The SMILES string of the molecule is CCC(C)(CO)Nc1ccccc1S(=O)(=O)NC1CC1. The summed E-state index contributed by atoms with van der Waals surface area (Å²) >= 11 is 0. The monoisotopic (exact) mass is 298 g/mol.